The molecule has 158 valence electrons. The highest BCUT2D eigenvalue weighted by molar-refractivity contribution is 6.35. The van der Waals surface area contributed by atoms with Gasteiger partial charge in [-0.15, -0.1) is 0 Å². The molecule has 4 rings (SSSR count). The number of carbonyl (C=O) groups is 1. The summed E-state index contributed by atoms with van der Waals surface area (Å²) in [6.45, 7) is 1.63. The third-order valence-electron chi connectivity index (χ3n) is 4.69. The molecule has 0 aliphatic carbocycles. The number of ether oxygens (including phenoxy) is 2. The molecule has 2 N–H and O–H groups in total. The van der Waals surface area contributed by atoms with Crippen LogP contribution in [0.4, 0.5) is 5.69 Å². The number of hydrogen-bond donors (Lipinski definition) is 2. The molecule has 0 aliphatic heterocycles. The number of aromatic amines is 1. The van der Waals surface area contributed by atoms with E-state index in [1.165, 1.54) is 0 Å². The molecule has 1 atom stereocenters. The summed E-state index contributed by atoms with van der Waals surface area (Å²) in [5.74, 6) is 1.23. The number of anilines is 1. The summed E-state index contributed by atoms with van der Waals surface area (Å²) in [6.07, 6.45) is -0.807. The van der Waals surface area contributed by atoms with Crippen LogP contribution in [-0.4, -0.2) is 29.1 Å². The first-order valence-corrected chi connectivity index (χ1v) is 10.3. The van der Waals surface area contributed by atoms with Crippen LogP contribution in [0.3, 0.4) is 0 Å². The van der Waals surface area contributed by atoms with Gasteiger partial charge in [0, 0.05) is 10.6 Å². The lowest BCUT2D eigenvalue weighted by Gasteiger charge is -2.17. The predicted octanol–water partition coefficient (Wildman–Crippen LogP) is 5.95. The van der Waals surface area contributed by atoms with Crippen LogP contribution < -0.4 is 14.8 Å². The zero-order valence-corrected chi connectivity index (χ0v) is 18.3. The van der Waals surface area contributed by atoms with Crippen molar-refractivity contribution < 1.29 is 14.3 Å². The SMILES string of the molecule is COc1ccc(-c2nc3ccccc3[nH]2)cc1NC(=O)[C@@H](C)Oc1ccc(Cl)cc1Cl. The molecule has 0 aliphatic rings. The van der Waals surface area contributed by atoms with E-state index in [0.29, 0.717) is 33.1 Å². The lowest BCUT2D eigenvalue weighted by Crippen LogP contribution is -2.30. The molecule has 1 aromatic heterocycles. The number of aromatic nitrogens is 2. The fourth-order valence-electron chi connectivity index (χ4n) is 3.09. The van der Waals surface area contributed by atoms with Crippen molar-refractivity contribution in [3.63, 3.8) is 0 Å². The first-order valence-electron chi connectivity index (χ1n) is 9.50. The van der Waals surface area contributed by atoms with Crippen molar-refractivity contribution >= 4 is 45.8 Å². The van der Waals surface area contributed by atoms with Crippen molar-refractivity contribution in [2.45, 2.75) is 13.0 Å². The number of benzene rings is 3. The average molecular weight is 456 g/mol. The van der Waals surface area contributed by atoms with E-state index < -0.39 is 6.10 Å². The van der Waals surface area contributed by atoms with E-state index in [1.54, 1.807) is 44.4 Å². The Bertz CT molecular complexity index is 1220. The molecule has 3 aromatic carbocycles. The second kappa shape index (κ2) is 8.88. The van der Waals surface area contributed by atoms with Crippen LogP contribution in [0.1, 0.15) is 6.92 Å². The Kier molecular flexibility index (Phi) is 6.02. The van der Waals surface area contributed by atoms with Crippen LogP contribution >= 0.6 is 23.2 Å². The second-order valence-electron chi connectivity index (χ2n) is 6.84. The van der Waals surface area contributed by atoms with Gasteiger partial charge in [-0.3, -0.25) is 4.79 Å². The summed E-state index contributed by atoms with van der Waals surface area (Å²) < 4.78 is 11.1. The Morgan fingerprint density at radius 3 is 2.58 bits per heavy atom. The Balaban J connectivity index is 1.56. The van der Waals surface area contributed by atoms with Crippen LogP contribution in [-0.2, 0) is 4.79 Å². The minimum Gasteiger partial charge on any atom is -0.495 e. The zero-order chi connectivity index (χ0) is 22.0. The van der Waals surface area contributed by atoms with Gasteiger partial charge in [0.2, 0.25) is 0 Å². The molecule has 0 saturated heterocycles. The van der Waals surface area contributed by atoms with Crippen LogP contribution in [0.15, 0.2) is 60.7 Å². The molecule has 1 heterocycles. The number of nitrogens with one attached hydrogen (secondary N) is 2. The minimum atomic E-state index is -0.807. The van der Waals surface area contributed by atoms with Gasteiger partial charge in [-0.05, 0) is 55.5 Å². The number of hydrogen-bond acceptors (Lipinski definition) is 4. The van der Waals surface area contributed by atoms with Gasteiger partial charge in [-0.1, -0.05) is 35.3 Å². The maximum atomic E-state index is 12.8. The summed E-state index contributed by atoms with van der Waals surface area (Å²) in [5, 5.41) is 3.67. The van der Waals surface area contributed by atoms with E-state index in [-0.39, 0.29) is 5.91 Å². The van der Waals surface area contributed by atoms with E-state index >= 15 is 0 Å². The Morgan fingerprint density at radius 1 is 1.06 bits per heavy atom. The quantitative estimate of drug-likeness (QED) is 0.376. The summed E-state index contributed by atoms with van der Waals surface area (Å²) in [6, 6.07) is 18.0. The third kappa shape index (κ3) is 4.60. The van der Waals surface area contributed by atoms with E-state index in [1.807, 2.05) is 30.3 Å². The molecular weight excluding hydrogens is 437 g/mol. The average Bonchev–Trinajstić information content (AvgIpc) is 3.20. The molecule has 0 unspecified atom stereocenters. The van der Waals surface area contributed by atoms with Crippen molar-refractivity contribution in [1.29, 1.82) is 0 Å². The maximum Gasteiger partial charge on any atom is 0.265 e. The van der Waals surface area contributed by atoms with Crippen LogP contribution in [0.2, 0.25) is 10.0 Å². The molecule has 0 saturated carbocycles. The number of amides is 1. The fraction of sp³-hybridized carbons (Fsp3) is 0.130. The fourth-order valence-corrected chi connectivity index (χ4v) is 3.54. The minimum absolute atomic E-state index is 0.330. The van der Waals surface area contributed by atoms with Crippen molar-refractivity contribution in [2.24, 2.45) is 0 Å². The number of para-hydroxylation sites is 2. The zero-order valence-electron chi connectivity index (χ0n) is 16.8. The first-order chi connectivity index (χ1) is 14.9. The molecule has 31 heavy (non-hydrogen) atoms. The van der Waals surface area contributed by atoms with Gasteiger partial charge >= 0.3 is 0 Å². The molecule has 6 nitrogen and oxygen atoms in total. The number of imidazole rings is 1. The van der Waals surface area contributed by atoms with Gasteiger partial charge in [-0.25, -0.2) is 4.98 Å². The summed E-state index contributed by atoms with van der Waals surface area (Å²) in [7, 11) is 1.54. The van der Waals surface area contributed by atoms with Gasteiger partial charge in [-0.2, -0.15) is 0 Å². The van der Waals surface area contributed by atoms with Crippen molar-refractivity contribution in [1.82, 2.24) is 9.97 Å². The summed E-state index contributed by atoms with van der Waals surface area (Å²) in [4.78, 5) is 20.7. The molecule has 0 radical (unpaired) electrons. The Hall–Kier alpha value is -3.22. The van der Waals surface area contributed by atoms with Gasteiger partial charge < -0.3 is 19.8 Å². The smallest absolute Gasteiger partial charge is 0.265 e. The molecular formula is C23H19Cl2N3O3. The Labute approximate surface area is 189 Å². The number of H-pyrrole nitrogens is 1. The van der Waals surface area contributed by atoms with Gasteiger partial charge in [0.05, 0.1) is 28.9 Å². The normalized spacial score (nSPS) is 11.9. The van der Waals surface area contributed by atoms with Gasteiger partial charge in [0.25, 0.3) is 5.91 Å². The topological polar surface area (TPSA) is 76.2 Å². The molecule has 1 amide bonds. The largest absolute Gasteiger partial charge is 0.495 e. The number of halogens is 2. The first kappa shape index (κ1) is 21.0. The maximum absolute atomic E-state index is 12.8. The highest BCUT2D eigenvalue weighted by atomic mass is 35.5. The van der Waals surface area contributed by atoms with Crippen molar-refractivity contribution in [3.05, 3.63) is 70.7 Å². The van der Waals surface area contributed by atoms with Crippen molar-refractivity contribution in [3.8, 4) is 22.9 Å². The number of fused-ring (bicyclic) bond motifs is 1. The number of nitrogens with zero attached hydrogens (tertiary/aromatic N) is 1. The predicted molar refractivity (Wildman–Crippen MR) is 123 cm³/mol. The molecule has 0 fully saturated rings. The molecule has 0 bridgehead atoms. The van der Waals surface area contributed by atoms with E-state index in [4.69, 9.17) is 32.7 Å². The van der Waals surface area contributed by atoms with Crippen LogP contribution in [0, 0.1) is 0 Å². The molecule has 0 spiro atoms. The van der Waals surface area contributed by atoms with E-state index in [9.17, 15) is 4.79 Å². The van der Waals surface area contributed by atoms with Gasteiger partial charge in [0.15, 0.2) is 6.10 Å². The van der Waals surface area contributed by atoms with Crippen LogP contribution in [0.25, 0.3) is 22.4 Å². The third-order valence-corrected chi connectivity index (χ3v) is 5.22. The lowest BCUT2D eigenvalue weighted by atomic mass is 10.1. The highest BCUT2D eigenvalue weighted by Gasteiger charge is 2.19. The number of rotatable bonds is 6. The summed E-state index contributed by atoms with van der Waals surface area (Å²) >= 11 is 12.0. The highest BCUT2D eigenvalue weighted by Crippen LogP contribution is 2.32. The monoisotopic (exact) mass is 455 g/mol. The van der Waals surface area contributed by atoms with Crippen molar-refractivity contribution in [2.75, 3.05) is 12.4 Å². The molecule has 8 heteroatoms. The Morgan fingerprint density at radius 2 is 1.84 bits per heavy atom. The molecule has 4 aromatic rings. The lowest BCUT2D eigenvalue weighted by molar-refractivity contribution is -0.122. The second-order valence-corrected chi connectivity index (χ2v) is 7.69. The number of methoxy groups -OCH3 is 1. The van der Waals surface area contributed by atoms with Crippen LogP contribution in [0.5, 0.6) is 11.5 Å². The van der Waals surface area contributed by atoms with Gasteiger partial charge in [0.1, 0.15) is 17.3 Å². The van der Waals surface area contributed by atoms with E-state index in [2.05, 4.69) is 15.3 Å². The number of carbonyl (C=O) groups excluding carboxylic acids is 1. The standard InChI is InChI=1S/C23H19Cl2N3O3/c1-13(31-20-10-8-15(24)12-16(20)25)23(29)28-19-11-14(7-9-21(19)30-2)22-26-17-5-3-4-6-18(17)27-22/h3-13H,1-2H3,(H,26,27)(H,28,29)/t13-/m1/s1. The van der Waals surface area contributed by atoms with E-state index in [0.717, 1.165) is 16.6 Å². The summed E-state index contributed by atoms with van der Waals surface area (Å²) in [5.41, 5.74) is 3.10.